The van der Waals surface area contributed by atoms with E-state index in [2.05, 4.69) is 9.98 Å². The molecule has 0 radical (unpaired) electrons. The van der Waals surface area contributed by atoms with E-state index in [4.69, 9.17) is 0 Å². The first kappa shape index (κ1) is 15.6. The third kappa shape index (κ3) is 2.63. The van der Waals surface area contributed by atoms with Crippen molar-refractivity contribution in [3.63, 3.8) is 0 Å². The lowest BCUT2D eigenvalue weighted by molar-refractivity contribution is -0.141. The van der Waals surface area contributed by atoms with Crippen molar-refractivity contribution >= 4 is 5.71 Å². The van der Waals surface area contributed by atoms with Crippen molar-refractivity contribution in [1.29, 1.82) is 0 Å². The van der Waals surface area contributed by atoms with Crippen LogP contribution in [-0.4, -0.2) is 15.3 Å². The number of benzene rings is 1. The molecule has 0 unspecified atom stereocenters. The highest BCUT2D eigenvalue weighted by atomic mass is 19.4. The summed E-state index contributed by atoms with van der Waals surface area (Å²) in [6.45, 7) is 2.50. The van der Waals surface area contributed by atoms with E-state index < -0.39 is 11.9 Å². The zero-order valence-corrected chi connectivity index (χ0v) is 13.4. The molecule has 3 aromatic rings. The molecule has 126 valence electrons. The second kappa shape index (κ2) is 5.58. The molecule has 0 saturated heterocycles. The number of fused-ring (bicyclic) bond motifs is 3. The van der Waals surface area contributed by atoms with E-state index in [0.717, 1.165) is 28.6 Å². The molecule has 0 spiro atoms. The fraction of sp³-hybridized carbons (Fsp3) is 0.158. The third-order valence-electron chi connectivity index (χ3n) is 4.36. The second-order valence-electron chi connectivity index (χ2n) is 5.93. The number of hydrogen-bond acceptors (Lipinski definition) is 2. The van der Waals surface area contributed by atoms with Crippen LogP contribution < -0.4 is 0 Å². The van der Waals surface area contributed by atoms with E-state index in [0.29, 0.717) is 17.8 Å². The summed E-state index contributed by atoms with van der Waals surface area (Å²) in [5.41, 5.74) is 4.42. The maximum absolute atomic E-state index is 12.7. The standard InChI is InChI=1S/C19H14F3N3/c1-12-4-2-5-15-14(12)11-24-18(16-6-3-9-25(15)16)13-7-8-17(23-10-13)19(20,21)22/h2-10H,11H2,1H3. The summed E-state index contributed by atoms with van der Waals surface area (Å²) in [6.07, 6.45) is -1.27. The van der Waals surface area contributed by atoms with Gasteiger partial charge in [-0.1, -0.05) is 12.1 Å². The minimum atomic E-state index is -4.45. The van der Waals surface area contributed by atoms with Crippen molar-refractivity contribution in [1.82, 2.24) is 9.55 Å². The highest BCUT2D eigenvalue weighted by Gasteiger charge is 2.32. The zero-order chi connectivity index (χ0) is 17.6. The monoisotopic (exact) mass is 341 g/mol. The lowest BCUT2D eigenvalue weighted by Gasteiger charge is -2.12. The molecule has 6 heteroatoms. The van der Waals surface area contributed by atoms with Crippen LogP contribution in [-0.2, 0) is 12.7 Å². The summed E-state index contributed by atoms with van der Waals surface area (Å²) >= 11 is 0. The van der Waals surface area contributed by atoms with E-state index in [9.17, 15) is 13.2 Å². The minimum absolute atomic E-state index is 0.472. The van der Waals surface area contributed by atoms with Crippen LogP contribution in [0.3, 0.4) is 0 Å². The van der Waals surface area contributed by atoms with Gasteiger partial charge in [0.15, 0.2) is 0 Å². The largest absolute Gasteiger partial charge is 0.433 e. The van der Waals surface area contributed by atoms with E-state index in [1.807, 2.05) is 48.0 Å². The van der Waals surface area contributed by atoms with Crippen LogP contribution in [0.25, 0.3) is 5.69 Å². The molecule has 1 aliphatic heterocycles. The van der Waals surface area contributed by atoms with Crippen molar-refractivity contribution in [2.45, 2.75) is 19.6 Å². The molecule has 0 bridgehead atoms. The van der Waals surface area contributed by atoms with Gasteiger partial charge in [0.25, 0.3) is 0 Å². The summed E-state index contributed by atoms with van der Waals surface area (Å²) in [5.74, 6) is 0. The minimum Gasteiger partial charge on any atom is -0.315 e. The molecular weight excluding hydrogens is 327 g/mol. The van der Waals surface area contributed by atoms with Crippen LogP contribution in [0.15, 0.2) is 59.9 Å². The summed E-state index contributed by atoms with van der Waals surface area (Å²) in [4.78, 5) is 8.24. The van der Waals surface area contributed by atoms with E-state index in [-0.39, 0.29) is 0 Å². The Hall–Kier alpha value is -2.89. The Morgan fingerprint density at radius 2 is 1.88 bits per heavy atom. The van der Waals surface area contributed by atoms with E-state index in [1.54, 1.807) is 0 Å². The Morgan fingerprint density at radius 3 is 2.60 bits per heavy atom. The predicted octanol–water partition coefficient (Wildman–Crippen LogP) is 4.55. The molecule has 3 nitrogen and oxygen atoms in total. The number of halogens is 3. The summed E-state index contributed by atoms with van der Waals surface area (Å²) in [7, 11) is 0. The fourth-order valence-electron chi connectivity index (χ4n) is 3.08. The predicted molar refractivity (Wildman–Crippen MR) is 89.1 cm³/mol. The lowest BCUT2D eigenvalue weighted by atomic mass is 10.1. The normalized spacial score (nSPS) is 13.7. The Morgan fingerprint density at radius 1 is 1.04 bits per heavy atom. The number of pyridine rings is 1. The zero-order valence-electron chi connectivity index (χ0n) is 13.4. The highest BCUT2D eigenvalue weighted by molar-refractivity contribution is 6.12. The molecule has 1 aliphatic rings. The first-order chi connectivity index (χ1) is 11.9. The topological polar surface area (TPSA) is 30.2 Å². The Balaban J connectivity index is 1.84. The molecule has 4 rings (SSSR count). The van der Waals surface area contributed by atoms with Crippen LogP contribution in [0.2, 0.25) is 0 Å². The highest BCUT2D eigenvalue weighted by Crippen LogP contribution is 2.29. The molecule has 0 N–H and O–H groups in total. The summed E-state index contributed by atoms with van der Waals surface area (Å²) < 4.78 is 40.2. The van der Waals surface area contributed by atoms with Gasteiger partial charge in [-0.25, -0.2) is 0 Å². The molecule has 3 heterocycles. The van der Waals surface area contributed by atoms with Gasteiger partial charge in [-0.2, -0.15) is 13.2 Å². The van der Waals surface area contributed by atoms with Crippen LogP contribution in [0, 0.1) is 6.92 Å². The van der Waals surface area contributed by atoms with E-state index >= 15 is 0 Å². The van der Waals surface area contributed by atoms with Gasteiger partial charge < -0.3 is 4.57 Å². The fourth-order valence-corrected chi connectivity index (χ4v) is 3.08. The van der Waals surface area contributed by atoms with Crippen LogP contribution in [0.1, 0.15) is 28.1 Å². The Labute approximate surface area is 142 Å². The number of aromatic nitrogens is 2. The van der Waals surface area contributed by atoms with Crippen molar-refractivity contribution < 1.29 is 13.2 Å². The van der Waals surface area contributed by atoms with Gasteiger partial charge in [-0.3, -0.25) is 9.98 Å². The Kier molecular flexibility index (Phi) is 3.49. The molecule has 0 amide bonds. The number of rotatable bonds is 1. The van der Waals surface area contributed by atoms with Crippen LogP contribution in [0.4, 0.5) is 13.2 Å². The average molecular weight is 341 g/mol. The molecule has 2 aromatic heterocycles. The maximum Gasteiger partial charge on any atom is 0.433 e. The SMILES string of the molecule is Cc1cccc2c1CN=C(c1ccc(C(F)(F)F)nc1)c1cccn1-2. The van der Waals surface area contributed by atoms with Crippen molar-refractivity contribution in [2.75, 3.05) is 0 Å². The smallest absolute Gasteiger partial charge is 0.315 e. The first-order valence-corrected chi connectivity index (χ1v) is 7.80. The third-order valence-corrected chi connectivity index (χ3v) is 4.36. The van der Waals surface area contributed by atoms with Gasteiger partial charge in [-0.05, 0) is 42.8 Å². The van der Waals surface area contributed by atoms with Crippen LogP contribution >= 0.6 is 0 Å². The van der Waals surface area contributed by atoms with Gasteiger partial charge in [0, 0.05) is 23.5 Å². The number of aryl methyl sites for hydroxylation is 1. The van der Waals surface area contributed by atoms with Crippen molar-refractivity contribution in [3.05, 3.63) is 82.9 Å². The van der Waals surface area contributed by atoms with Crippen molar-refractivity contribution in [2.24, 2.45) is 4.99 Å². The molecule has 0 fully saturated rings. The van der Waals surface area contributed by atoms with E-state index in [1.165, 1.54) is 12.3 Å². The van der Waals surface area contributed by atoms with Gasteiger partial charge in [0.1, 0.15) is 5.69 Å². The average Bonchev–Trinajstić information content (AvgIpc) is 2.99. The van der Waals surface area contributed by atoms with Crippen molar-refractivity contribution in [3.8, 4) is 5.69 Å². The molecule has 0 saturated carbocycles. The molecule has 0 aliphatic carbocycles. The van der Waals surface area contributed by atoms with Crippen LogP contribution in [0.5, 0.6) is 0 Å². The number of hydrogen-bond donors (Lipinski definition) is 0. The maximum atomic E-state index is 12.7. The summed E-state index contributed by atoms with van der Waals surface area (Å²) in [5, 5.41) is 0. The number of alkyl halides is 3. The van der Waals surface area contributed by atoms with Gasteiger partial charge in [0.05, 0.1) is 23.6 Å². The van der Waals surface area contributed by atoms with Gasteiger partial charge in [-0.15, -0.1) is 0 Å². The lowest BCUT2D eigenvalue weighted by Crippen LogP contribution is -2.11. The van der Waals surface area contributed by atoms with Gasteiger partial charge >= 0.3 is 6.18 Å². The molecule has 1 aromatic carbocycles. The Bertz CT molecular complexity index is 966. The number of nitrogens with zero attached hydrogens (tertiary/aromatic N) is 3. The quantitative estimate of drug-likeness (QED) is 0.639. The van der Waals surface area contributed by atoms with Gasteiger partial charge in [0.2, 0.25) is 0 Å². The summed E-state index contributed by atoms with van der Waals surface area (Å²) in [6, 6.07) is 12.3. The second-order valence-corrected chi connectivity index (χ2v) is 5.93. The molecule has 25 heavy (non-hydrogen) atoms. The molecular formula is C19H14F3N3. The first-order valence-electron chi connectivity index (χ1n) is 7.80. The number of aliphatic imine (C=N–C) groups is 1. The molecule has 0 atom stereocenters.